The van der Waals surface area contributed by atoms with Crippen LogP contribution in [0.5, 0.6) is 0 Å². The topological polar surface area (TPSA) is 79.5 Å². The molecule has 0 radical (unpaired) electrons. The lowest BCUT2D eigenvalue weighted by molar-refractivity contribution is -0.137. The van der Waals surface area contributed by atoms with E-state index in [9.17, 15) is 4.79 Å². The highest BCUT2D eigenvalue weighted by Gasteiger charge is 2.13. The average Bonchev–Trinajstić information content (AvgIpc) is 2.92. The Morgan fingerprint density at radius 2 is 2.29 bits per heavy atom. The van der Waals surface area contributed by atoms with E-state index in [1.807, 2.05) is 24.0 Å². The van der Waals surface area contributed by atoms with Crippen molar-refractivity contribution in [3.63, 3.8) is 0 Å². The first kappa shape index (κ1) is 15.5. The van der Waals surface area contributed by atoms with Crippen LogP contribution in [0.3, 0.4) is 0 Å². The molecular weight excluding hydrogens is 294 g/mol. The highest BCUT2D eigenvalue weighted by atomic mass is 35.5. The van der Waals surface area contributed by atoms with Crippen molar-refractivity contribution in [3.05, 3.63) is 35.2 Å². The molecule has 2 rings (SSSR count). The van der Waals surface area contributed by atoms with Crippen LogP contribution in [-0.2, 0) is 11.3 Å². The Bertz CT molecular complexity index is 615. The molecule has 21 heavy (non-hydrogen) atoms. The van der Waals surface area contributed by atoms with E-state index in [1.54, 1.807) is 12.1 Å². The van der Waals surface area contributed by atoms with E-state index in [1.165, 1.54) is 0 Å². The van der Waals surface area contributed by atoms with Crippen molar-refractivity contribution in [2.24, 2.45) is 0 Å². The van der Waals surface area contributed by atoms with Gasteiger partial charge in [0, 0.05) is 17.1 Å². The largest absolute Gasteiger partial charge is 0.481 e. The molecule has 0 aliphatic heterocycles. The summed E-state index contributed by atoms with van der Waals surface area (Å²) >= 11 is 5.93. The third kappa shape index (κ3) is 4.54. The van der Waals surface area contributed by atoms with Gasteiger partial charge in [-0.05, 0) is 18.7 Å². The quantitative estimate of drug-likeness (QED) is 0.847. The lowest BCUT2D eigenvalue weighted by Gasteiger charge is -2.16. The van der Waals surface area contributed by atoms with Crippen LogP contribution in [0.4, 0.5) is 0 Å². The number of aliphatic carboxylic acids is 1. The molecule has 0 atom stereocenters. The second kappa shape index (κ2) is 7.19. The van der Waals surface area contributed by atoms with Gasteiger partial charge in [0.2, 0.25) is 11.7 Å². The van der Waals surface area contributed by atoms with E-state index in [-0.39, 0.29) is 6.42 Å². The number of carbonyl (C=O) groups is 1. The Labute approximate surface area is 127 Å². The summed E-state index contributed by atoms with van der Waals surface area (Å²) in [5.41, 5.74) is 0.783. The number of aromatic nitrogens is 2. The van der Waals surface area contributed by atoms with E-state index >= 15 is 0 Å². The van der Waals surface area contributed by atoms with Crippen molar-refractivity contribution in [2.75, 3.05) is 13.1 Å². The maximum absolute atomic E-state index is 10.6. The number of benzene rings is 1. The van der Waals surface area contributed by atoms with Crippen LogP contribution in [0.25, 0.3) is 11.4 Å². The van der Waals surface area contributed by atoms with Crippen LogP contribution in [0.1, 0.15) is 19.2 Å². The fourth-order valence-electron chi connectivity index (χ4n) is 1.86. The van der Waals surface area contributed by atoms with E-state index in [4.69, 9.17) is 21.2 Å². The highest BCUT2D eigenvalue weighted by Crippen LogP contribution is 2.20. The van der Waals surface area contributed by atoms with Crippen LogP contribution < -0.4 is 0 Å². The van der Waals surface area contributed by atoms with Gasteiger partial charge >= 0.3 is 5.97 Å². The minimum Gasteiger partial charge on any atom is -0.481 e. The lowest BCUT2D eigenvalue weighted by atomic mass is 10.2. The number of halogens is 1. The molecule has 6 nitrogen and oxygen atoms in total. The van der Waals surface area contributed by atoms with Gasteiger partial charge < -0.3 is 9.63 Å². The van der Waals surface area contributed by atoms with Gasteiger partial charge in [0.15, 0.2) is 0 Å². The van der Waals surface area contributed by atoms with Gasteiger partial charge in [-0.3, -0.25) is 9.69 Å². The molecule has 2 aromatic rings. The Hall–Kier alpha value is -1.92. The highest BCUT2D eigenvalue weighted by molar-refractivity contribution is 6.30. The van der Waals surface area contributed by atoms with Crippen LogP contribution in [0.15, 0.2) is 28.8 Å². The van der Waals surface area contributed by atoms with Crippen molar-refractivity contribution in [1.29, 1.82) is 0 Å². The monoisotopic (exact) mass is 309 g/mol. The van der Waals surface area contributed by atoms with Gasteiger partial charge in [-0.2, -0.15) is 4.98 Å². The summed E-state index contributed by atoms with van der Waals surface area (Å²) in [6.07, 6.45) is 0.0864. The number of nitrogens with zero attached hydrogens (tertiary/aromatic N) is 3. The van der Waals surface area contributed by atoms with Gasteiger partial charge in [-0.25, -0.2) is 0 Å². The first-order valence-corrected chi connectivity index (χ1v) is 6.99. The third-order valence-corrected chi connectivity index (χ3v) is 3.23. The third-order valence-electron chi connectivity index (χ3n) is 3.00. The standard InChI is InChI=1S/C14H16ClN3O3/c1-2-18(7-6-13(19)20)9-12-16-14(17-21-12)10-4-3-5-11(15)8-10/h3-5,8H,2,6-7,9H2,1H3,(H,19,20). The van der Waals surface area contributed by atoms with Crippen LogP contribution in [0, 0.1) is 0 Å². The molecule has 0 aliphatic carbocycles. The molecule has 0 spiro atoms. The molecule has 0 fully saturated rings. The second-order valence-electron chi connectivity index (χ2n) is 4.53. The predicted molar refractivity (Wildman–Crippen MR) is 77.9 cm³/mol. The molecule has 1 N–H and O–H groups in total. The molecule has 112 valence electrons. The number of hydrogen-bond donors (Lipinski definition) is 1. The summed E-state index contributed by atoms with van der Waals surface area (Å²) < 4.78 is 5.20. The second-order valence-corrected chi connectivity index (χ2v) is 4.97. The molecule has 1 heterocycles. The SMILES string of the molecule is CCN(CCC(=O)O)Cc1nc(-c2cccc(Cl)c2)no1. The van der Waals surface area contributed by atoms with Crippen LogP contribution in [-0.4, -0.2) is 39.2 Å². The van der Waals surface area contributed by atoms with E-state index in [2.05, 4.69) is 10.1 Å². The van der Waals surface area contributed by atoms with Gasteiger partial charge in [-0.1, -0.05) is 35.8 Å². The predicted octanol–water partition coefficient (Wildman–Crippen LogP) is 2.69. The summed E-state index contributed by atoms with van der Waals surface area (Å²) in [7, 11) is 0. The zero-order chi connectivity index (χ0) is 15.2. The maximum Gasteiger partial charge on any atom is 0.304 e. The summed E-state index contributed by atoms with van der Waals surface area (Å²) in [5.74, 6) is 0.109. The van der Waals surface area contributed by atoms with Crippen molar-refractivity contribution in [1.82, 2.24) is 15.0 Å². The fourth-order valence-corrected chi connectivity index (χ4v) is 2.05. The van der Waals surface area contributed by atoms with E-state index in [0.717, 1.165) is 5.56 Å². The van der Waals surface area contributed by atoms with Gasteiger partial charge in [0.1, 0.15) is 0 Å². The molecule has 0 saturated carbocycles. The van der Waals surface area contributed by atoms with Gasteiger partial charge in [0.25, 0.3) is 0 Å². The van der Waals surface area contributed by atoms with E-state index in [0.29, 0.717) is 36.4 Å². The minimum absolute atomic E-state index is 0.0864. The van der Waals surface area contributed by atoms with Crippen molar-refractivity contribution in [3.8, 4) is 11.4 Å². The minimum atomic E-state index is -0.821. The van der Waals surface area contributed by atoms with Gasteiger partial charge in [0.05, 0.1) is 13.0 Å². The number of carboxylic acid groups (broad SMARTS) is 1. The molecule has 7 heteroatoms. The van der Waals surface area contributed by atoms with E-state index < -0.39 is 5.97 Å². The van der Waals surface area contributed by atoms with Gasteiger partial charge in [-0.15, -0.1) is 0 Å². The molecule has 1 aromatic heterocycles. The number of rotatable bonds is 7. The number of carboxylic acids is 1. The van der Waals surface area contributed by atoms with Crippen molar-refractivity contribution < 1.29 is 14.4 Å². The molecule has 1 aromatic carbocycles. The molecular formula is C14H16ClN3O3. The normalized spacial score (nSPS) is 11.0. The summed E-state index contributed by atoms with van der Waals surface area (Å²) in [5, 5.41) is 13.2. The molecule has 0 amide bonds. The number of hydrogen-bond acceptors (Lipinski definition) is 5. The van der Waals surface area contributed by atoms with Crippen LogP contribution in [0.2, 0.25) is 5.02 Å². The zero-order valence-electron chi connectivity index (χ0n) is 11.6. The smallest absolute Gasteiger partial charge is 0.304 e. The maximum atomic E-state index is 10.6. The Kier molecular flexibility index (Phi) is 5.30. The van der Waals surface area contributed by atoms with Crippen molar-refractivity contribution >= 4 is 17.6 Å². The Morgan fingerprint density at radius 1 is 1.48 bits per heavy atom. The summed E-state index contributed by atoms with van der Waals surface area (Å²) in [4.78, 5) is 16.8. The summed E-state index contributed by atoms with van der Waals surface area (Å²) in [6, 6.07) is 7.20. The Balaban J connectivity index is 2.03. The first-order valence-electron chi connectivity index (χ1n) is 6.61. The summed E-state index contributed by atoms with van der Waals surface area (Å²) in [6.45, 7) is 3.54. The molecule has 0 unspecified atom stereocenters. The molecule has 0 bridgehead atoms. The first-order chi connectivity index (χ1) is 10.1. The lowest BCUT2D eigenvalue weighted by Crippen LogP contribution is -2.25. The zero-order valence-corrected chi connectivity index (χ0v) is 12.4. The average molecular weight is 310 g/mol. The molecule has 0 saturated heterocycles. The van der Waals surface area contributed by atoms with Crippen LogP contribution >= 0.6 is 11.6 Å². The fraction of sp³-hybridized carbons (Fsp3) is 0.357. The van der Waals surface area contributed by atoms with Crippen molar-refractivity contribution in [2.45, 2.75) is 19.9 Å². The Morgan fingerprint density at radius 3 is 2.95 bits per heavy atom. The molecule has 0 aliphatic rings.